The van der Waals surface area contributed by atoms with Crippen molar-refractivity contribution in [3.05, 3.63) is 53.6 Å². The van der Waals surface area contributed by atoms with Crippen molar-refractivity contribution in [3.8, 4) is 11.5 Å². The van der Waals surface area contributed by atoms with E-state index in [9.17, 15) is 29.4 Å². The van der Waals surface area contributed by atoms with Crippen molar-refractivity contribution in [1.82, 2.24) is 0 Å². The first-order chi connectivity index (χ1) is 10.2. The molecular formula is C15H15O6P. The number of phenols is 2. The summed E-state index contributed by atoms with van der Waals surface area (Å²) in [5, 5.41) is 18.3. The van der Waals surface area contributed by atoms with Crippen LogP contribution in [0.5, 0.6) is 11.5 Å². The number of Topliss-reactive ketones (excluding diaryl/α,β-unsaturated/α-hetero) is 1. The lowest BCUT2D eigenvalue weighted by molar-refractivity contribution is 0.0966. The molecule has 4 N–H and O–H groups in total. The van der Waals surface area contributed by atoms with Gasteiger partial charge in [-0.05, 0) is 35.9 Å². The highest BCUT2D eigenvalue weighted by Gasteiger charge is 2.28. The Hall–Kier alpha value is -2.14. The predicted octanol–water partition coefficient (Wildman–Crippen LogP) is 1.89. The molecule has 0 radical (unpaired) electrons. The lowest BCUT2D eigenvalue weighted by Crippen LogP contribution is -2.20. The third-order valence-corrected chi connectivity index (χ3v) is 4.32. The van der Waals surface area contributed by atoms with E-state index in [-0.39, 0.29) is 17.1 Å². The van der Waals surface area contributed by atoms with Crippen molar-refractivity contribution in [2.75, 3.05) is 0 Å². The second kappa shape index (κ2) is 5.93. The quantitative estimate of drug-likeness (QED) is 0.505. The van der Waals surface area contributed by atoms with E-state index >= 15 is 0 Å². The molecule has 2 aromatic carbocycles. The van der Waals surface area contributed by atoms with Gasteiger partial charge in [0.1, 0.15) is 11.5 Å². The van der Waals surface area contributed by atoms with E-state index in [1.54, 1.807) is 19.1 Å². The van der Waals surface area contributed by atoms with Crippen LogP contribution in [0, 0.1) is 0 Å². The van der Waals surface area contributed by atoms with Crippen LogP contribution in [-0.4, -0.2) is 25.8 Å². The van der Waals surface area contributed by atoms with Crippen molar-refractivity contribution in [2.24, 2.45) is 0 Å². The number of hydrogen-bond acceptors (Lipinski definition) is 4. The molecule has 1 atom stereocenters. The number of ketones is 1. The Morgan fingerprint density at radius 3 is 2.27 bits per heavy atom. The second-order valence-corrected chi connectivity index (χ2v) is 6.50. The molecule has 0 aromatic heterocycles. The van der Waals surface area contributed by atoms with Gasteiger partial charge in [-0.2, -0.15) is 0 Å². The molecule has 0 aliphatic heterocycles. The molecule has 0 heterocycles. The molecule has 0 bridgehead atoms. The zero-order valence-corrected chi connectivity index (χ0v) is 12.6. The molecule has 0 fully saturated rings. The highest BCUT2D eigenvalue weighted by molar-refractivity contribution is 7.60. The summed E-state index contributed by atoms with van der Waals surface area (Å²) in [4.78, 5) is 31.2. The third-order valence-electron chi connectivity index (χ3n) is 3.32. The van der Waals surface area contributed by atoms with Gasteiger partial charge in [0, 0.05) is 11.5 Å². The average Bonchev–Trinajstić information content (AvgIpc) is 2.45. The van der Waals surface area contributed by atoms with Crippen molar-refractivity contribution in [3.63, 3.8) is 0 Å². The van der Waals surface area contributed by atoms with E-state index in [4.69, 9.17) is 0 Å². The summed E-state index contributed by atoms with van der Waals surface area (Å²) in [7, 11) is -4.71. The summed E-state index contributed by atoms with van der Waals surface area (Å²) in [6.07, 6.45) is 0. The summed E-state index contributed by atoms with van der Waals surface area (Å²) in [5.74, 6) is -1.55. The van der Waals surface area contributed by atoms with Crippen molar-refractivity contribution in [2.45, 2.75) is 12.8 Å². The number of rotatable bonds is 4. The molecule has 0 spiro atoms. The first-order valence-electron chi connectivity index (χ1n) is 6.42. The average molecular weight is 322 g/mol. The SMILES string of the molecule is CC(C(=O)c1ccc(O)cc1P(=O)(O)O)c1cccc(O)c1. The molecule has 116 valence electrons. The van der Waals surface area contributed by atoms with Gasteiger partial charge in [-0.3, -0.25) is 9.36 Å². The maximum absolute atomic E-state index is 12.5. The Morgan fingerprint density at radius 2 is 1.68 bits per heavy atom. The summed E-state index contributed by atoms with van der Waals surface area (Å²) < 4.78 is 11.5. The number of aromatic hydroxyl groups is 2. The zero-order valence-electron chi connectivity index (χ0n) is 11.7. The fraction of sp³-hybridized carbons (Fsp3) is 0.133. The topological polar surface area (TPSA) is 115 Å². The fourth-order valence-corrected chi connectivity index (χ4v) is 2.95. The van der Waals surface area contributed by atoms with E-state index in [1.807, 2.05) is 0 Å². The summed E-state index contributed by atoms with van der Waals surface area (Å²) in [6, 6.07) is 9.37. The van der Waals surface area contributed by atoms with Gasteiger partial charge >= 0.3 is 7.60 Å². The van der Waals surface area contributed by atoms with E-state index in [2.05, 4.69) is 0 Å². The van der Waals surface area contributed by atoms with Gasteiger partial charge in [-0.1, -0.05) is 19.1 Å². The molecule has 2 aromatic rings. The van der Waals surface area contributed by atoms with Crippen LogP contribution in [0.25, 0.3) is 0 Å². The summed E-state index contributed by atoms with van der Waals surface area (Å²) >= 11 is 0. The highest BCUT2D eigenvalue weighted by atomic mass is 31.2. The molecule has 0 aliphatic rings. The van der Waals surface area contributed by atoms with Gasteiger partial charge in [-0.15, -0.1) is 0 Å². The van der Waals surface area contributed by atoms with Crippen LogP contribution in [-0.2, 0) is 4.57 Å². The van der Waals surface area contributed by atoms with Crippen LogP contribution in [0.4, 0.5) is 0 Å². The lowest BCUT2D eigenvalue weighted by Gasteiger charge is -2.15. The van der Waals surface area contributed by atoms with Crippen LogP contribution < -0.4 is 5.30 Å². The molecule has 0 saturated heterocycles. The second-order valence-electron chi connectivity index (χ2n) is 4.93. The Kier molecular flexibility index (Phi) is 4.37. The maximum Gasteiger partial charge on any atom is 0.357 e. The van der Waals surface area contributed by atoms with E-state index < -0.39 is 24.6 Å². The Labute approximate surface area is 126 Å². The number of carbonyl (C=O) groups is 1. The van der Waals surface area contributed by atoms with Crippen molar-refractivity contribution >= 4 is 18.7 Å². The van der Waals surface area contributed by atoms with Crippen LogP contribution in [0.3, 0.4) is 0 Å². The molecule has 2 rings (SSSR count). The number of benzene rings is 2. The van der Waals surface area contributed by atoms with E-state index in [0.717, 1.165) is 6.07 Å². The third kappa shape index (κ3) is 3.36. The minimum absolute atomic E-state index is 0.00179. The minimum Gasteiger partial charge on any atom is -0.508 e. The summed E-state index contributed by atoms with van der Waals surface area (Å²) in [5.41, 5.74) is 0.372. The number of hydrogen-bond donors (Lipinski definition) is 4. The Balaban J connectivity index is 2.48. The molecule has 1 unspecified atom stereocenters. The van der Waals surface area contributed by atoms with Gasteiger partial charge in [0.2, 0.25) is 0 Å². The normalized spacial score (nSPS) is 12.9. The largest absolute Gasteiger partial charge is 0.508 e. The fourth-order valence-electron chi connectivity index (χ4n) is 2.15. The van der Waals surface area contributed by atoms with Gasteiger partial charge in [0.25, 0.3) is 0 Å². The molecule has 6 nitrogen and oxygen atoms in total. The predicted molar refractivity (Wildman–Crippen MR) is 80.6 cm³/mol. The van der Waals surface area contributed by atoms with Gasteiger partial charge in [-0.25, -0.2) is 0 Å². The number of phenolic OH excluding ortho intramolecular Hbond substituents is 2. The standard InChI is InChI=1S/C15H15O6P/c1-9(10-3-2-4-11(16)7-10)15(18)13-6-5-12(17)8-14(13)22(19,20)21/h2-9,16-17H,1H3,(H2,19,20,21). The molecule has 22 heavy (non-hydrogen) atoms. The smallest absolute Gasteiger partial charge is 0.357 e. The van der Waals surface area contributed by atoms with Gasteiger partial charge in [0.15, 0.2) is 5.78 Å². The molecular weight excluding hydrogens is 307 g/mol. The Bertz CT molecular complexity index is 764. The molecule has 0 aliphatic carbocycles. The molecule has 0 saturated carbocycles. The number of carbonyl (C=O) groups excluding carboxylic acids is 1. The minimum atomic E-state index is -4.71. The van der Waals surface area contributed by atoms with Crippen molar-refractivity contribution in [1.29, 1.82) is 0 Å². The van der Waals surface area contributed by atoms with Crippen LogP contribution >= 0.6 is 7.60 Å². The monoisotopic (exact) mass is 322 g/mol. The highest BCUT2D eigenvalue weighted by Crippen LogP contribution is 2.37. The van der Waals surface area contributed by atoms with Gasteiger partial charge in [0.05, 0.1) is 5.30 Å². The molecule has 7 heteroatoms. The Morgan fingerprint density at radius 1 is 1.05 bits per heavy atom. The van der Waals surface area contributed by atoms with Crippen molar-refractivity contribution < 1.29 is 29.4 Å². The molecule has 0 amide bonds. The van der Waals surface area contributed by atoms with Crippen LogP contribution in [0.1, 0.15) is 28.8 Å². The zero-order chi connectivity index (χ0) is 16.5. The van der Waals surface area contributed by atoms with E-state index in [0.29, 0.717) is 5.56 Å². The first-order valence-corrected chi connectivity index (χ1v) is 8.03. The van der Waals surface area contributed by atoms with E-state index in [1.165, 1.54) is 24.3 Å². The maximum atomic E-state index is 12.5. The van der Waals surface area contributed by atoms with Gasteiger partial charge < -0.3 is 20.0 Å². The van der Waals surface area contributed by atoms with Crippen LogP contribution in [0.2, 0.25) is 0 Å². The lowest BCUT2D eigenvalue weighted by atomic mass is 9.92. The first kappa shape index (κ1) is 16.2. The summed E-state index contributed by atoms with van der Waals surface area (Å²) in [6.45, 7) is 1.58. The van der Waals surface area contributed by atoms with Crippen LogP contribution in [0.15, 0.2) is 42.5 Å².